The van der Waals surface area contributed by atoms with Crippen LogP contribution in [0.5, 0.6) is 0 Å². The summed E-state index contributed by atoms with van der Waals surface area (Å²) < 4.78 is 27.6. The number of hydrogen-bond acceptors (Lipinski definition) is 8. The van der Waals surface area contributed by atoms with Crippen LogP contribution in [0.2, 0.25) is 0 Å². The van der Waals surface area contributed by atoms with E-state index in [0.29, 0.717) is 12.8 Å². The number of carbonyl (C=O) groups is 2. The maximum atomic E-state index is 13.1. The topological polar surface area (TPSA) is 145 Å². The van der Waals surface area contributed by atoms with Crippen molar-refractivity contribution in [1.29, 1.82) is 0 Å². The average Bonchev–Trinajstić information content (AvgIpc) is 3.16. The lowest BCUT2D eigenvalue weighted by Crippen LogP contribution is -2.41. The number of ether oxygens (including phenoxy) is 1. The number of phosphoric acid groups is 1. The summed E-state index contributed by atoms with van der Waals surface area (Å²) in [4.78, 5) is 35.7. The maximum Gasteiger partial charge on any atom is 0.473 e. The van der Waals surface area contributed by atoms with E-state index in [1.54, 1.807) is 0 Å². The number of carbonyl (C=O) groups excluding carboxylic acids is 2. The van der Waals surface area contributed by atoms with Gasteiger partial charge in [0.1, 0.15) is 0 Å². The van der Waals surface area contributed by atoms with Gasteiger partial charge < -0.3 is 20.5 Å². The Balaban J connectivity index is 4.46. The maximum absolute atomic E-state index is 13.1. The van der Waals surface area contributed by atoms with Gasteiger partial charge in [0.25, 0.3) is 0 Å². The number of phosphoric ester groups is 1. The molecule has 0 saturated heterocycles. The summed E-state index contributed by atoms with van der Waals surface area (Å²) in [5.41, 5.74) is 5.37. The van der Waals surface area contributed by atoms with Crippen LogP contribution in [0.3, 0.4) is 0 Å². The first-order valence-corrected chi connectivity index (χ1v) is 23.5. The van der Waals surface area contributed by atoms with E-state index in [1.165, 1.54) is 141 Å². The number of rotatable bonds is 39. The van der Waals surface area contributed by atoms with Crippen molar-refractivity contribution in [2.24, 2.45) is 5.73 Å². The lowest BCUT2D eigenvalue weighted by atomic mass is 10.0. The summed E-state index contributed by atoms with van der Waals surface area (Å²) >= 11 is 0. The molecule has 10 heteroatoms. The molecule has 9 nitrogen and oxygen atoms in total. The van der Waals surface area contributed by atoms with Crippen molar-refractivity contribution in [3.8, 4) is 23.7 Å². The normalized spacial score (nSPS) is 13.3. The molecule has 0 amide bonds. The van der Waals surface area contributed by atoms with Gasteiger partial charge in [-0.2, -0.15) is 0 Å². The molecule has 54 heavy (non-hydrogen) atoms. The van der Waals surface area contributed by atoms with Gasteiger partial charge in [-0.05, 0) is 24.7 Å². The summed E-state index contributed by atoms with van der Waals surface area (Å²) in [6, 6.07) is 0. The predicted octanol–water partition coefficient (Wildman–Crippen LogP) is 11.1. The van der Waals surface area contributed by atoms with Crippen LogP contribution in [-0.4, -0.2) is 53.7 Å². The number of aliphatic hydroxyl groups excluding tert-OH is 1. The highest BCUT2D eigenvalue weighted by molar-refractivity contribution is 7.47. The molecule has 0 heterocycles. The number of aliphatic hydroxyl groups is 1. The van der Waals surface area contributed by atoms with Crippen LogP contribution in [0.15, 0.2) is 0 Å². The second kappa shape index (κ2) is 39.5. The molecule has 0 saturated carbocycles. The van der Waals surface area contributed by atoms with Crippen LogP contribution in [0.25, 0.3) is 0 Å². The van der Waals surface area contributed by atoms with E-state index in [1.807, 2.05) is 0 Å². The molecule has 0 aromatic heterocycles. The fraction of sp³-hybridized carbons (Fsp3) is 0.864. The lowest BCUT2D eigenvalue weighted by Gasteiger charge is -2.25. The largest absolute Gasteiger partial charge is 0.473 e. The molecule has 0 aromatic carbocycles. The molecule has 0 bridgehead atoms. The van der Waals surface area contributed by atoms with E-state index < -0.39 is 38.4 Å². The SMILES string of the molecule is CCCCCCCCCCCCCCCCCCC#CC#CC(=O)O[C@@H](CO)C(OP(=O)(O)OCCN)C(=O)CCCCCCCCCCCCCCC. The summed E-state index contributed by atoms with van der Waals surface area (Å²) in [7, 11) is -4.72. The van der Waals surface area contributed by atoms with Crippen molar-refractivity contribution in [1.82, 2.24) is 0 Å². The van der Waals surface area contributed by atoms with Gasteiger partial charge in [-0.1, -0.05) is 193 Å². The fourth-order valence-electron chi connectivity index (χ4n) is 6.45. The highest BCUT2D eigenvalue weighted by Gasteiger charge is 2.38. The number of hydrogen-bond donors (Lipinski definition) is 3. The fourth-order valence-corrected chi connectivity index (χ4v) is 7.38. The Kier molecular flexibility index (Phi) is 38.3. The van der Waals surface area contributed by atoms with Gasteiger partial charge in [0, 0.05) is 25.3 Å². The molecule has 0 aliphatic heterocycles. The zero-order valence-corrected chi connectivity index (χ0v) is 35.5. The van der Waals surface area contributed by atoms with E-state index in [2.05, 4.69) is 37.5 Å². The van der Waals surface area contributed by atoms with Gasteiger partial charge in [-0.25, -0.2) is 9.36 Å². The van der Waals surface area contributed by atoms with Gasteiger partial charge in [0.05, 0.1) is 13.2 Å². The van der Waals surface area contributed by atoms with Crippen molar-refractivity contribution >= 4 is 19.6 Å². The Morgan fingerprint density at radius 1 is 0.630 bits per heavy atom. The third-order valence-corrected chi connectivity index (χ3v) is 10.7. The Labute approximate surface area is 331 Å². The van der Waals surface area contributed by atoms with E-state index in [-0.39, 0.29) is 19.6 Å². The van der Waals surface area contributed by atoms with Gasteiger partial charge in [-0.15, -0.1) is 0 Å². The standard InChI is InChI=1S/C44H80NO8P/c1-3-5-7-9-11-13-15-17-18-19-20-21-22-23-25-27-29-31-33-35-37-43(48)52-42(40-46)44(53-54(49,50)51-39-38-45)41(47)36-34-32-30-28-26-24-16-14-12-10-8-6-4-2/h42,44,46H,3-30,32,34,36,38-40,45H2,1-2H3,(H,49,50)/t42-,44?/m0/s1. The molecule has 0 aliphatic rings. The molecule has 314 valence electrons. The van der Waals surface area contributed by atoms with Crippen molar-refractivity contribution < 1.29 is 37.9 Å². The molecule has 0 aromatic rings. The third-order valence-electron chi connectivity index (χ3n) is 9.71. The Morgan fingerprint density at radius 3 is 1.44 bits per heavy atom. The number of ketones is 1. The highest BCUT2D eigenvalue weighted by atomic mass is 31.2. The van der Waals surface area contributed by atoms with Crippen LogP contribution < -0.4 is 5.73 Å². The first-order valence-electron chi connectivity index (χ1n) is 22.0. The molecule has 0 aliphatic carbocycles. The molecule has 0 rings (SSSR count). The van der Waals surface area contributed by atoms with Gasteiger partial charge in [0.15, 0.2) is 18.0 Å². The van der Waals surface area contributed by atoms with E-state index in [9.17, 15) is 24.2 Å². The molecule has 4 N–H and O–H groups in total. The zero-order chi connectivity index (χ0) is 39.8. The number of esters is 1. The van der Waals surface area contributed by atoms with Gasteiger partial charge in [0.2, 0.25) is 0 Å². The molecule has 0 fully saturated rings. The molecule has 2 unspecified atom stereocenters. The zero-order valence-electron chi connectivity index (χ0n) is 34.6. The second-order valence-corrected chi connectivity index (χ2v) is 16.2. The predicted molar refractivity (Wildman–Crippen MR) is 222 cm³/mol. The van der Waals surface area contributed by atoms with E-state index in [0.717, 1.165) is 38.5 Å². The van der Waals surface area contributed by atoms with Crippen molar-refractivity contribution in [3.05, 3.63) is 0 Å². The average molecular weight is 782 g/mol. The molecular formula is C44H80NO8P. The van der Waals surface area contributed by atoms with Crippen LogP contribution in [0.4, 0.5) is 0 Å². The van der Waals surface area contributed by atoms with Crippen molar-refractivity contribution in [3.63, 3.8) is 0 Å². The summed E-state index contributed by atoms with van der Waals surface area (Å²) in [5.74, 6) is 8.72. The van der Waals surface area contributed by atoms with Crippen LogP contribution in [0.1, 0.15) is 213 Å². The second-order valence-electron chi connectivity index (χ2n) is 14.8. The summed E-state index contributed by atoms with van der Waals surface area (Å²) in [6.07, 6.45) is 33.3. The van der Waals surface area contributed by atoms with Crippen molar-refractivity contribution in [2.45, 2.75) is 225 Å². The number of unbranched alkanes of at least 4 members (excludes halogenated alkanes) is 28. The monoisotopic (exact) mass is 782 g/mol. The lowest BCUT2D eigenvalue weighted by molar-refractivity contribution is -0.155. The third kappa shape index (κ3) is 34.8. The number of nitrogens with two attached hydrogens (primary N) is 1. The first kappa shape index (κ1) is 52.3. The Morgan fingerprint density at radius 2 is 1.04 bits per heavy atom. The van der Waals surface area contributed by atoms with Crippen LogP contribution >= 0.6 is 7.82 Å². The smallest absolute Gasteiger partial charge is 0.447 e. The molecule has 0 spiro atoms. The quantitative estimate of drug-likeness (QED) is 0.0182. The Hall–Kier alpha value is -1.71. The highest BCUT2D eigenvalue weighted by Crippen LogP contribution is 2.45. The van der Waals surface area contributed by atoms with Crippen LogP contribution in [0, 0.1) is 23.7 Å². The number of Topliss-reactive ketones (excluding diaryl/α,β-unsaturated/α-hetero) is 1. The first-order chi connectivity index (χ1) is 26.3. The molecule has 3 atom stereocenters. The van der Waals surface area contributed by atoms with Crippen LogP contribution in [-0.2, 0) is 27.9 Å². The van der Waals surface area contributed by atoms with Gasteiger partial charge in [-0.3, -0.25) is 13.8 Å². The summed E-state index contributed by atoms with van der Waals surface area (Å²) in [6.45, 7) is 3.36. The van der Waals surface area contributed by atoms with E-state index >= 15 is 0 Å². The van der Waals surface area contributed by atoms with E-state index in [4.69, 9.17) is 19.5 Å². The minimum absolute atomic E-state index is 0.0316. The minimum atomic E-state index is -4.72. The summed E-state index contributed by atoms with van der Waals surface area (Å²) in [5, 5.41) is 9.97. The Bertz CT molecular complexity index is 1060. The molecule has 0 radical (unpaired) electrons. The minimum Gasteiger partial charge on any atom is -0.447 e. The van der Waals surface area contributed by atoms with Crippen molar-refractivity contribution in [2.75, 3.05) is 19.8 Å². The van der Waals surface area contributed by atoms with Gasteiger partial charge >= 0.3 is 13.8 Å². The molecular weight excluding hydrogens is 701 g/mol.